The highest BCUT2D eigenvalue weighted by Gasteiger charge is 2.13. The molecule has 0 atom stereocenters. The number of amides is 1. The van der Waals surface area contributed by atoms with Gasteiger partial charge in [0.2, 0.25) is 0 Å². The van der Waals surface area contributed by atoms with Gasteiger partial charge in [-0.15, -0.1) is 0 Å². The Morgan fingerprint density at radius 2 is 1.78 bits per heavy atom. The third-order valence-corrected chi connectivity index (χ3v) is 4.06. The summed E-state index contributed by atoms with van der Waals surface area (Å²) in [7, 11) is 2.71. The lowest BCUT2D eigenvalue weighted by Gasteiger charge is -2.12. The molecule has 0 saturated carbocycles. The first-order chi connectivity index (χ1) is 15.4. The first kappa shape index (κ1) is 24.0. The summed E-state index contributed by atoms with van der Waals surface area (Å²) in [6, 6.07) is 12.7. The van der Waals surface area contributed by atoms with E-state index in [9.17, 15) is 14.4 Å². The quantitative estimate of drug-likeness (QED) is 0.360. The average molecular weight is 438 g/mol. The molecule has 0 radical (unpaired) electrons. The topological polar surface area (TPSA) is 124 Å². The second kappa shape index (κ2) is 11.8. The van der Waals surface area contributed by atoms with E-state index in [1.807, 2.05) is 0 Å². The van der Waals surface area contributed by atoms with Gasteiger partial charge in [0.15, 0.2) is 18.1 Å². The molecule has 0 spiro atoms. The van der Waals surface area contributed by atoms with E-state index < -0.39 is 17.8 Å². The fraction of sp³-hybridized carbons (Fsp3) is 0.217. The molecule has 0 fully saturated rings. The van der Waals surface area contributed by atoms with Gasteiger partial charge in [0, 0.05) is 5.69 Å². The normalized spacial score (nSPS) is 10.5. The highest BCUT2D eigenvalue weighted by Crippen LogP contribution is 2.29. The second-order valence-corrected chi connectivity index (χ2v) is 6.21. The van der Waals surface area contributed by atoms with Gasteiger partial charge in [0.25, 0.3) is 5.91 Å². The maximum absolute atomic E-state index is 12.2. The predicted molar refractivity (Wildman–Crippen MR) is 115 cm³/mol. The lowest BCUT2D eigenvalue weighted by molar-refractivity contribution is -0.137. The number of nitrogens with zero attached hydrogens (tertiary/aromatic N) is 1. The molecule has 0 aliphatic heterocycles. The number of methoxy groups -OCH3 is 2. The van der Waals surface area contributed by atoms with Gasteiger partial charge < -0.3 is 24.3 Å². The molecular formula is C23H22N2O7. The van der Waals surface area contributed by atoms with Crippen LogP contribution in [-0.4, -0.2) is 45.3 Å². The largest absolute Gasteiger partial charge is 0.493 e. The molecule has 9 heteroatoms. The Labute approximate surface area is 185 Å². The third-order valence-electron chi connectivity index (χ3n) is 4.06. The van der Waals surface area contributed by atoms with Crippen LogP contribution in [0.5, 0.6) is 11.5 Å². The smallest absolute Gasteiger partial charge is 0.348 e. The summed E-state index contributed by atoms with van der Waals surface area (Å²) in [5, 5.41) is 11.8. The molecule has 0 unspecified atom stereocenters. The molecule has 2 rings (SSSR count). The number of hydrogen-bond acceptors (Lipinski definition) is 8. The van der Waals surface area contributed by atoms with Crippen LogP contribution in [0.4, 0.5) is 5.69 Å². The molecule has 0 aliphatic carbocycles. The minimum absolute atomic E-state index is 0.153. The van der Waals surface area contributed by atoms with Crippen molar-refractivity contribution in [3.8, 4) is 17.6 Å². The summed E-state index contributed by atoms with van der Waals surface area (Å²) in [6.07, 6.45) is 1.37. The fourth-order valence-corrected chi connectivity index (χ4v) is 2.55. The summed E-state index contributed by atoms with van der Waals surface area (Å²) in [5.41, 5.74) is 1.22. The number of carbonyl (C=O) groups is 3. The summed E-state index contributed by atoms with van der Waals surface area (Å²) in [4.78, 5) is 35.4. The van der Waals surface area contributed by atoms with Crippen molar-refractivity contribution >= 4 is 29.6 Å². The van der Waals surface area contributed by atoms with Crippen LogP contribution in [0.3, 0.4) is 0 Å². The number of anilines is 1. The number of esters is 2. The van der Waals surface area contributed by atoms with Crippen molar-refractivity contribution in [1.82, 2.24) is 0 Å². The summed E-state index contributed by atoms with van der Waals surface area (Å²) >= 11 is 0. The molecule has 0 heterocycles. The van der Waals surface area contributed by atoms with Gasteiger partial charge in [0.05, 0.1) is 26.4 Å². The van der Waals surface area contributed by atoms with Crippen molar-refractivity contribution < 1.29 is 33.3 Å². The van der Waals surface area contributed by atoms with Crippen LogP contribution in [0, 0.1) is 11.3 Å². The number of ether oxygens (including phenoxy) is 4. The Morgan fingerprint density at radius 3 is 2.38 bits per heavy atom. The Hall–Kier alpha value is -4.32. The van der Waals surface area contributed by atoms with Crippen LogP contribution in [-0.2, 0) is 19.1 Å². The van der Waals surface area contributed by atoms with Gasteiger partial charge >= 0.3 is 11.9 Å². The van der Waals surface area contributed by atoms with Crippen molar-refractivity contribution in [3.63, 3.8) is 0 Å². The molecule has 0 saturated heterocycles. The van der Waals surface area contributed by atoms with Crippen LogP contribution in [0.25, 0.3) is 6.08 Å². The Kier molecular flexibility index (Phi) is 8.80. The van der Waals surface area contributed by atoms with E-state index in [4.69, 9.17) is 19.5 Å². The van der Waals surface area contributed by atoms with Gasteiger partial charge in [-0.05, 0) is 55.0 Å². The maximum atomic E-state index is 12.2. The second-order valence-electron chi connectivity index (χ2n) is 6.21. The fourth-order valence-electron chi connectivity index (χ4n) is 2.55. The molecule has 32 heavy (non-hydrogen) atoms. The summed E-state index contributed by atoms with van der Waals surface area (Å²) in [5.74, 6) is -0.993. The minimum Gasteiger partial charge on any atom is -0.493 e. The predicted octanol–water partition coefficient (Wildman–Crippen LogP) is 2.97. The van der Waals surface area contributed by atoms with E-state index in [-0.39, 0.29) is 18.8 Å². The lowest BCUT2D eigenvalue weighted by Crippen LogP contribution is -2.20. The molecule has 0 aliphatic rings. The van der Waals surface area contributed by atoms with Crippen molar-refractivity contribution in [2.45, 2.75) is 6.92 Å². The third kappa shape index (κ3) is 6.60. The summed E-state index contributed by atoms with van der Waals surface area (Å²) < 4.78 is 20.3. The van der Waals surface area contributed by atoms with Crippen LogP contribution in [0.2, 0.25) is 0 Å². The van der Waals surface area contributed by atoms with Gasteiger partial charge in [-0.2, -0.15) is 5.26 Å². The maximum Gasteiger partial charge on any atom is 0.348 e. The van der Waals surface area contributed by atoms with E-state index in [0.29, 0.717) is 28.3 Å². The van der Waals surface area contributed by atoms with Gasteiger partial charge in [0.1, 0.15) is 11.6 Å². The molecule has 9 nitrogen and oxygen atoms in total. The Bertz CT molecular complexity index is 1050. The molecule has 1 N–H and O–H groups in total. The van der Waals surface area contributed by atoms with Crippen molar-refractivity contribution in [2.24, 2.45) is 0 Å². The first-order valence-electron chi connectivity index (χ1n) is 9.49. The zero-order valence-corrected chi connectivity index (χ0v) is 17.8. The molecule has 0 bridgehead atoms. The average Bonchev–Trinajstić information content (AvgIpc) is 2.81. The SMILES string of the molecule is CCOC(=O)/C(C#N)=C/c1ccc(OCC(=O)Nc2ccc(C(=O)OC)cc2)c(OC)c1. The van der Waals surface area contributed by atoms with Crippen molar-refractivity contribution in [2.75, 3.05) is 32.8 Å². The van der Waals surface area contributed by atoms with E-state index >= 15 is 0 Å². The number of rotatable bonds is 9. The van der Waals surface area contributed by atoms with Crippen LogP contribution >= 0.6 is 0 Å². The van der Waals surface area contributed by atoms with Crippen molar-refractivity contribution in [3.05, 3.63) is 59.2 Å². The molecule has 2 aromatic carbocycles. The van der Waals surface area contributed by atoms with Crippen LogP contribution < -0.4 is 14.8 Å². The lowest BCUT2D eigenvalue weighted by atomic mass is 10.1. The van der Waals surface area contributed by atoms with E-state index in [0.717, 1.165) is 0 Å². The first-order valence-corrected chi connectivity index (χ1v) is 9.49. The minimum atomic E-state index is -0.717. The van der Waals surface area contributed by atoms with E-state index in [2.05, 4.69) is 10.1 Å². The monoisotopic (exact) mass is 438 g/mol. The van der Waals surface area contributed by atoms with E-state index in [1.165, 1.54) is 32.4 Å². The number of nitrogens with one attached hydrogen (secondary N) is 1. The highest BCUT2D eigenvalue weighted by atomic mass is 16.5. The van der Waals surface area contributed by atoms with Gasteiger partial charge in [-0.25, -0.2) is 9.59 Å². The van der Waals surface area contributed by atoms with Gasteiger partial charge in [-0.3, -0.25) is 4.79 Å². The Morgan fingerprint density at radius 1 is 1.06 bits per heavy atom. The molecule has 0 aromatic heterocycles. The molecule has 2 aromatic rings. The number of carbonyl (C=O) groups excluding carboxylic acids is 3. The molecule has 166 valence electrons. The standard InChI is InChI=1S/C23H22N2O7/c1-4-31-23(28)17(13-24)11-15-5-10-19(20(12-15)29-2)32-14-21(26)25-18-8-6-16(7-9-18)22(27)30-3/h5-12H,4,14H2,1-3H3,(H,25,26)/b17-11+. The Balaban J connectivity index is 2.03. The zero-order valence-electron chi connectivity index (χ0n) is 17.8. The van der Waals surface area contributed by atoms with Crippen molar-refractivity contribution in [1.29, 1.82) is 5.26 Å². The highest BCUT2D eigenvalue weighted by molar-refractivity contribution is 5.98. The van der Waals surface area contributed by atoms with E-state index in [1.54, 1.807) is 43.3 Å². The number of nitriles is 1. The zero-order chi connectivity index (χ0) is 23.5. The van der Waals surface area contributed by atoms with Gasteiger partial charge in [-0.1, -0.05) is 6.07 Å². The number of benzene rings is 2. The van der Waals surface area contributed by atoms with Crippen LogP contribution in [0.1, 0.15) is 22.8 Å². The van der Waals surface area contributed by atoms with Crippen LogP contribution in [0.15, 0.2) is 48.0 Å². The number of hydrogen-bond donors (Lipinski definition) is 1. The summed E-state index contributed by atoms with van der Waals surface area (Å²) in [6.45, 7) is 1.51. The molecular weight excluding hydrogens is 416 g/mol. The molecule has 1 amide bonds.